The zero-order valence-electron chi connectivity index (χ0n) is 17.4. The van der Waals surface area contributed by atoms with Gasteiger partial charge in [0.15, 0.2) is 0 Å². The van der Waals surface area contributed by atoms with E-state index in [2.05, 4.69) is 10.3 Å². The van der Waals surface area contributed by atoms with Crippen LogP contribution in [0, 0.1) is 5.82 Å². The molecule has 3 aromatic rings. The van der Waals surface area contributed by atoms with E-state index in [0.29, 0.717) is 11.1 Å². The second-order valence-electron chi connectivity index (χ2n) is 6.91. The Kier molecular flexibility index (Phi) is 7.62. The molecule has 3 rings (SSSR count). The summed E-state index contributed by atoms with van der Waals surface area (Å²) in [5.74, 6) is -1.12. The summed E-state index contributed by atoms with van der Waals surface area (Å²) in [6.07, 6.45) is -1.90. The van der Waals surface area contributed by atoms with Crippen LogP contribution in [0.1, 0.15) is 21.5 Å². The molecule has 0 unspecified atom stereocenters. The molecule has 1 amide bonds. The number of alkyl halides is 3. The van der Waals surface area contributed by atoms with E-state index < -0.39 is 23.5 Å². The summed E-state index contributed by atoms with van der Waals surface area (Å²) in [4.78, 5) is 16.9. The van der Waals surface area contributed by atoms with Crippen molar-refractivity contribution in [3.05, 3.63) is 77.4 Å². The monoisotopic (exact) mass is 464 g/mol. The van der Waals surface area contributed by atoms with E-state index in [9.17, 15) is 22.4 Å². The van der Waals surface area contributed by atoms with Gasteiger partial charge in [-0.3, -0.25) is 9.78 Å². The van der Waals surface area contributed by atoms with Crippen LogP contribution < -0.4 is 10.1 Å². The van der Waals surface area contributed by atoms with E-state index in [1.165, 1.54) is 43.8 Å². The van der Waals surface area contributed by atoms with E-state index in [0.717, 1.165) is 12.1 Å². The first-order chi connectivity index (χ1) is 15.7. The molecule has 2 N–H and O–H groups in total. The zero-order chi connectivity index (χ0) is 24.0. The average Bonchev–Trinajstić information content (AvgIpc) is 2.79. The molecule has 0 bridgehead atoms. The molecule has 0 fully saturated rings. The van der Waals surface area contributed by atoms with Crippen LogP contribution in [-0.4, -0.2) is 36.3 Å². The number of anilines is 1. The Morgan fingerprint density at radius 1 is 1.12 bits per heavy atom. The van der Waals surface area contributed by atoms with E-state index in [1.807, 2.05) is 0 Å². The third kappa shape index (κ3) is 6.05. The summed E-state index contributed by atoms with van der Waals surface area (Å²) in [5.41, 5.74) is -0.0389. The quantitative estimate of drug-likeness (QED) is 0.374. The number of aromatic nitrogens is 1. The fourth-order valence-corrected chi connectivity index (χ4v) is 3.14. The van der Waals surface area contributed by atoms with E-state index in [4.69, 9.17) is 14.6 Å². The van der Waals surface area contributed by atoms with Crippen LogP contribution in [0.2, 0.25) is 0 Å². The maximum atomic E-state index is 13.6. The topological polar surface area (TPSA) is 80.7 Å². The standard InChI is InChI=1S/C23H20F4N2O4/c1-32-21-11-17(24)2-3-19(21)18-4-5-28-12-20(18)29-22(31)15-8-14(13-33-7-6-30)9-16(10-15)23(25,26)27/h2-5,8-12,30H,6-7,13H2,1H3,(H,29,31). The largest absolute Gasteiger partial charge is 0.496 e. The van der Waals surface area contributed by atoms with Crippen molar-refractivity contribution in [1.82, 2.24) is 4.98 Å². The van der Waals surface area contributed by atoms with Gasteiger partial charge in [-0.1, -0.05) is 0 Å². The number of benzene rings is 2. The lowest BCUT2D eigenvalue weighted by atomic mass is 10.0. The van der Waals surface area contributed by atoms with Crippen LogP contribution in [0.3, 0.4) is 0 Å². The van der Waals surface area contributed by atoms with Gasteiger partial charge in [0.1, 0.15) is 11.6 Å². The number of aliphatic hydroxyl groups is 1. The van der Waals surface area contributed by atoms with Crippen LogP contribution in [0.5, 0.6) is 5.75 Å². The predicted octanol–water partition coefficient (Wildman–Crippen LogP) is 4.68. The summed E-state index contributed by atoms with van der Waals surface area (Å²) in [7, 11) is 1.36. The summed E-state index contributed by atoms with van der Waals surface area (Å²) >= 11 is 0. The molecular weight excluding hydrogens is 444 g/mol. The number of carbonyl (C=O) groups excluding carboxylic acids is 1. The molecule has 1 heterocycles. The summed E-state index contributed by atoms with van der Waals surface area (Å²) in [6.45, 7) is -0.561. The Hall–Kier alpha value is -3.50. The van der Waals surface area contributed by atoms with Crippen molar-refractivity contribution in [3.8, 4) is 16.9 Å². The first-order valence-corrected chi connectivity index (χ1v) is 9.72. The minimum Gasteiger partial charge on any atom is -0.496 e. The molecule has 174 valence electrons. The molecule has 0 saturated carbocycles. The Bertz CT molecular complexity index is 1140. The smallest absolute Gasteiger partial charge is 0.416 e. The maximum Gasteiger partial charge on any atom is 0.416 e. The lowest BCUT2D eigenvalue weighted by Crippen LogP contribution is -2.16. The van der Waals surface area contributed by atoms with Crippen LogP contribution in [0.25, 0.3) is 11.1 Å². The van der Waals surface area contributed by atoms with Crippen molar-refractivity contribution in [3.63, 3.8) is 0 Å². The normalized spacial score (nSPS) is 11.3. The van der Waals surface area contributed by atoms with Gasteiger partial charge >= 0.3 is 6.18 Å². The Balaban J connectivity index is 1.96. The summed E-state index contributed by atoms with van der Waals surface area (Å²) < 4.78 is 64.0. The lowest BCUT2D eigenvalue weighted by Gasteiger charge is -2.15. The maximum absolute atomic E-state index is 13.6. The van der Waals surface area contributed by atoms with Gasteiger partial charge in [0.05, 0.1) is 44.4 Å². The number of ether oxygens (including phenoxy) is 2. The van der Waals surface area contributed by atoms with Crippen molar-refractivity contribution in [2.24, 2.45) is 0 Å². The summed E-state index contributed by atoms with van der Waals surface area (Å²) in [5, 5.41) is 11.4. The first kappa shape index (κ1) is 24.1. The van der Waals surface area contributed by atoms with Crippen LogP contribution in [0.4, 0.5) is 23.2 Å². The molecule has 0 spiro atoms. The third-order valence-corrected chi connectivity index (χ3v) is 4.61. The van der Waals surface area contributed by atoms with Gasteiger partial charge < -0.3 is 19.9 Å². The number of nitrogens with one attached hydrogen (secondary N) is 1. The fraction of sp³-hybridized carbons (Fsp3) is 0.217. The predicted molar refractivity (Wildman–Crippen MR) is 112 cm³/mol. The van der Waals surface area contributed by atoms with Gasteiger partial charge in [-0.2, -0.15) is 13.2 Å². The van der Waals surface area contributed by atoms with Gasteiger partial charge in [-0.25, -0.2) is 4.39 Å². The number of methoxy groups -OCH3 is 1. The second kappa shape index (κ2) is 10.4. The van der Waals surface area contributed by atoms with Gasteiger partial charge in [0.2, 0.25) is 0 Å². The number of carbonyl (C=O) groups is 1. The van der Waals surface area contributed by atoms with Crippen molar-refractivity contribution in [2.75, 3.05) is 25.6 Å². The number of aliphatic hydroxyl groups excluding tert-OH is 1. The Labute approximate surface area is 186 Å². The molecule has 1 aromatic heterocycles. The zero-order valence-corrected chi connectivity index (χ0v) is 17.4. The third-order valence-electron chi connectivity index (χ3n) is 4.61. The SMILES string of the molecule is COc1cc(F)ccc1-c1ccncc1NC(=O)c1cc(COCCO)cc(C(F)(F)F)c1. The number of nitrogens with zero attached hydrogens (tertiary/aromatic N) is 1. The molecular formula is C23H20F4N2O4. The number of pyridine rings is 1. The van der Waals surface area contributed by atoms with Crippen molar-refractivity contribution in [2.45, 2.75) is 12.8 Å². The Morgan fingerprint density at radius 2 is 1.91 bits per heavy atom. The molecule has 0 saturated heterocycles. The molecule has 0 atom stereocenters. The van der Waals surface area contributed by atoms with Gasteiger partial charge in [0, 0.05) is 29.0 Å². The van der Waals surface area contributed by atoms with E-state index >= 15 is 0 Å². The highest BCUT2D eigenvalue weighted by Crippen LogP contribution is 2.36. The van der Waals surface area contributed by atoms with Crippen molar-refractivity contribution in [1.29, 1.82) is 0 Å². The molecule has 2 aromatic carbocycles. The number of hydrogen-bond donors (Lipinski definition) is 2. The average molecular weight is 464 g/mol. The molecule has 33 heavy (non-hydrogen) atoms. The first-order valence-electron chi connectivity index (χ1n) is 9.72. The molecule has 6 nitrogen and oxygen atoms in total. The number of amides is 1. The van der Waals surface area contributed by atoms with Crippen molar-refractivity contribution < 1.29 is 36.9 Å². The van der Waals surface area contributed by atoms with Crippen LogP contribution >= 0.6 is 0 Å². The molecule has 10 heteroatoms. The minimum atomic E-state index is -4.68. The lowest BCUT2D eigenvalue weighted by molar-refractivity contribution is -0.137. The van der Waals surface area contributed by atoms with Gasteiger partial charge in [-0.05, 0) is 42.0 Å². The van der Waals surface area contributed by atoms with Gasteiger partial charge in [-0.15, -0.1) is 0 Å². The number of rotatable bonds is 8. The summed E-state index contributed by atoms with van der Waals surface area (Å²) in [6, 6.07) is 8.30. The van der Waals surface area contributed by atoms with Crippen molar-refractivity contribution >= 4 is 11.6 Å². The molecule has 0 aliphatic heterocycles. The molecule has 0 aliphatic carbocycles. The van der Waals surface area contributed by atoms with E-state index in [-0.39, 0.29) is 42.4 Å². The Morgan fingerprint density at radius 3 is 2.61 bits per heavy atom. The number of hydrogen-bond acceptors (Lipinski definition) is 5. The van der Waals surface area contributed by atoms with Crippen LogP contribution in [-0.2, 0) is 17.5 Å². The minimum absolute atomic E-state index is 0.0592. The highest BCUT2D eigenvalue weighted by molar-refractivity contribution is 6.06. The van der Waals surface area contributed by atoms with E-state index in [1.54, 1.807) is 6.07 Å². The fourth-order valence-electron chi connectivity index (χ4n) is 3.14. The highest BCUT2D eigenvalue weighted by atomic mass is 19.4. The number of halogens is 4. The highest BCUT2D eigenvalue weighted by Gasteiger charge is 2.32. The molecule has 0 radical (unpaired) electrons. The van der Waals surface area contributed by atoms with Crippen LogP contribution in [0.15, 0.2) is 54.9 Å². The molecule has 0 aliphatic rings. The van der Waals surface area contributed by atoms with Gasteiger partial charge in [0.25, 0.3) is 5.91 Å². The second-order valence-corrected chi connectivity index (χ2v) is 6.91.